The largest absolute Gasteiger partial charge is 0.489 e. The van der Waals surface area contributed by atoms with Gasteiger partial charge in [-0.3, -0.25) is 24.6 Å². The normalized spacial score (nSPS) is 38.4. The summed E-state index contributed by atoms with van der Waals surface area (Å²) in [4.78, 5) is 39.1. The van der Waals surface area contributed by atoms with Gasteiger partial charge in [0.25, 0.3) is 5.91 Å². The molecule has 3 aliphatic rings. The minimum absolute atomic E-state index is 0.0192. The van der Waals surface area contributed by atoms with E-state index in [1.54, 1.807) is 17.4 Å². The van der Waals surface area contributed by atoms with Gasteiger partial charge in [-0.05, 0) is 29.6 Å². The molecule has 0 spiro atoms. The number of hydrogen-bond acceptors (Lipinski definition) is 6. The molecule has 2 aromatic rings. The van der Waals surface area contributed by atoms with Crippen molar-refractivity contribution < 1.29 is 41.7 Å². The van der Waals surface area contributed by atoms with Gasteiger partial charge in [0.05, 0.1) is 26.5 Å². The van der Waals surface area contributed by atoms with E-state index in [0.29, 0.717) is 20.9 Å². The second kappa shape index (κ2) is 9.33. The topological polar surface area (TPSA) is 88.2 Å². The Kier molecular flexibility index (Phi) is 3.18. The zero-order valence-corrected chi connectivity index (χ0v) is 17.1. The maximum atomic E-state index is 13.3. The third-order valence-electron chi connectivity index (χ3n) is 5.15. The van der Waals surface area contributed by atoms with Gasteiger partial charge in [0.2, 0.25) is 11.8 Å². The molecule has 0 aromatic heterocycles. The number of benzene rings is 2. The van der Waals surface area contributed by atoms with Crippen LogP contribution in [0.3, 0.4) is 0 Å². The number of rotatable bonds is 6. The van der Waals surface area contributed by atoms with E-state index < -0.39 is 75.7 Å². The Morgan fingerprint density at radius 1 is 1.09 bits per heavy atom. The molecule has 3 amide bonds. The van der Waals surface area contributed by atoms with Crippen molar-refractivity contribution in [1.82, 2.24) is 15.1 Å². The van der Waals surface area contributed by atoms with Gasteiger partial charge in [0.15, 0.2) is 0 Å². The number of hydrogen-bond donors (Lipinski definition) is 1. The van der Waals surface area contributed by atoms with E-state index >= 15 is 0 Å². The smallest absolute Gasteiger partial charge is 0.255 e. The van der Waals surface area contributed by atoms with Gasteiger partial charge >= 0.3 is 0 Å². The first kappa shape index (κ1) is 11.3. The number of morpholine rings is 1. The first-order valence-electron chi connectivity index (χ1n) is 16.4. The molecule has 0 saturated carbocycles. The number of piperidine rings is 1. The zero-order valence-electron chi connectivity index (χ0n) is 30.1. The third-order valence-corrected chi connectivity index (χ3v) is 5.15. The van der Waals surface area contributed by atoms with Crippen LogP contribution in [0.2, 0.25) is 0 Å². The molecular weight excluding hydrogens is 422 g/mol. The van der Waals surface area contributed by atoms with Crippen LogP contribution < -0.4 is 10.1 Å². The highest BCUT2D eigenvalue weighted by Gasteiger charge is 2.40. The van der Waals surface area contributed by atoms with E-state index in [4.69, 9.17) is 22.6 Å². The first-order chi connectivity index (χ1) is 20.9. The lowest BCUT2D eigenvalue weighted by atomic mass is 10.0. The van der Waals surface area contributed by atoms with Gasteiger partial charge in [-0.25, -0.2) is 0 Å². The molecule has 0 bridgehead atoms. The van der Waals surface area contributed by atoms with Crippen molar-refractivity contribution in [3.8, 4) is 5.75 Å². The maximum absolute atomic E-state index is 13.3. The number of ether oxygens (including phenoxy) is 2. The highest BCUT2D eigenvalue weighted by Crippen LogP contribution is 2.34. The number of nitrogens with zero attached hydrogens (tertiary/aromatic N) is 2. The van der Waals surface area contributed by atoms with E-state index in [1.165, 1.54) is 30.3 Å². The van der Waals surface area contributed by atoms with Gasteiger partial charge in [-0.2, -0.15) is 0 Å². The average molecular weight is 463 g/mol. The summed E-state index contributed by atoms with van der Waals surface area (Å²) in [5.41, 5.74) is 1.02. The quantitative estimate of drug-likeness (QED) is 0.660. The third kappa shape index (κ3) is 4.62. The summed E-state index contributed by atoms with van der Waals surface area (Å²) in [6.07, 6.45) is -6.74. The molecule has 1 atom stereocenters. The van der Waals surface area contributed by atoms with Crippen molar-refractivity contribution in [3.63, 3.8) is 0 Å². The molecule has 3 aliphatic heterocycles. The summed E-state index contributed by atoms with van der Waals surface area (Å²) in [7, 11) is 0. The molecule has 0 unspecified atom stereocenters. The number of nitrogens with one attached hydrogen (secondary N) is 1. The average Bonchev–Trinajstić information content (AvgIpc) is 3.29. The Morgan fingerprint density at radius 2 is 1.85 bits per heavy atom. The van der Waals surface area contributed by atoms with E-state index in [-0.39, 0.29) is 23.5 Å². The van der Waals surface area contributed by atoms with Crippen LogP contribution in [0.1, 0.15) is 57.6 Å². The van der Waals surface area contributed by atoms with Crippen molar-refractivity contribution in [2.45, 2.75) is 38.5 Å². The fraction of sp³-hybridized carbons (Fsp3) is 0.400. The lowest BCUT2D eigenvalue weighted by molar-refractivity contribution is -0.136. The monoisotopic (exact) mass is 462 g/mol. The summed E-state index contributed by atoms with van der Waals surface area (Å²) in [6, 6.07) is 7.22. The molecule has 2 saturated heterocycles. The van der Waals surface area contributed by atoms with Crippen LogP contribution in [0.15, 0.2) is 42.5 Å². The minimum atomic E-state index is -3.42. The molecule has 0 aliphatic carbocycles. The standard InChI is InChI=1S/C25H27N3O5/c29-23-9-8-21(24(30)26-23)28-15-20-19(25(28)31)2-1-3-22(20)33-16-18-6-4-17(5-7-18)14-27-10-12-32-13-11-27/h1-7,21H,8-16H2,(H,26,29,30)/t21-/m0/s1/i8D2,9D2,10D2,11D2,12D2,13D2,21D. The fourth-order valence-electron chi connectivity index (χ4n) is 3.55. The number of imide groups is 1. The highest BCUT2D eigenvalue weighted by molar-refractivity contribution is 6.05. The number of amides is 3. The van der Waals surface area contributed by atoms with Crippen LogP contribution in [0.4, 0.5) is 0 Å². The van der Waals surface area contributed by atoms with Gasteiger partial charge in [0.1, 0.15) is 18.4 Å². The van der Waals surface area contributed by atoms with Gasteiger partial charge in [-0.1, -0.05) is 30.3 Å². The molecule has 2 aromatic carbocycles. The second-order valence-corrected chi connectivity index (χ2v) is 7.28. The summed E-state index contributed by atoms with van der Waals surface area (Å²) < 4.78 is 115. The summed E-state index contributed by atoms with van der Waals surface area (Å²) >= 11 is 0. The van der Waals surface area contributed by atoms with E-state index in [2.05, 4.69) is 4.74 Å². The van der Waals surface area contributed by atoms with Crippen molar-refractivity contribution >= 4 is 17.7 Å². The Labute approximate surface area is 210 Å². The van der Waals surface area contributed by atoms with Crippen molar-refractivity contribution in [3.05, 3.63) is 64.7 Å². The Morgan fingerprint density at radius 3 is 2.64 bits per heavy atom. The molecule has 2 fully saturated rings. The molecule has 8 nitrogen and oxygen atoms in total. The summed E-state index contributed by atoms with van der Waals surface area (Å²) in [5, 5.41) is 1.65. The lowest BCUT2D eigenvalue weighted by Crippen LogP contribution is -2.52. The van der Waals surface area contributed by atoms with Gasteiger partial charge < -0.3 is 14.4 Å². The molecule has 5 rings (SSSR count). The first-order valence-corrected chi connectivity index (χ1v) is 9.92. The Bertz CT molecular complexity index is 1590. The Balaban J connectivity index is 1.34. The molecular formula is C25H27N3O5. The molecule has 1 N–H and O–H groups in total. The van der Waals surface area contributed by atoms with Crippen LogP contribution in [0, 0.1) is 0 Å². The predicted octanol–water partition coefficient (Wildman–Crippen LogP) is 1.86. The molecule has 172 valence electrons. The van der Waals surface area contributed by atoms with Crippen molar-refractivity contribution in [2.75, 3.05) is 26.1 Å². The molecule has 0 radical (unpaired) electrons. The van der Waals surface area contributed by atoms with Crippen LogP contribution in [0.5, 0.6) is 5.75 Å². The van der Waals surface area contributed by atoms with Gasteiger partial charge in [-0.15, -0.1) is 0 Å². The summed E-state index contributed by atoms with van der Waals surface area (Å²) in [5.74, 6) is -3.86. The number of carbonyl (C=O) groups excluding carboxylic acids is 3. The minimum Gasteiger partial charge on any atom is -0.489 e. The van der Waals surface area contributed by atoms with Crippen molar-refractivity contribution in [2.24, 2.45) is 0 Å². The van der Waals surface area contributed by atoms with Crippen molar-refractivity contribution in [1.29, 1.82) is 0 Å². The second-order valence-electron chi connectivity index (χ2n) is 7.28. The highest BCUT2D eigenvalue weighted by atomic mass is 16.5. The molecule has 3 heterocycles. The Hall–Kier alpha value is -3.23. The van der Waals surface area contributed by atoms with Gasteiger partial charge in [0, 0.05) is 48.0 Å². The predicted molar refractivity (Wildman–Crippen MR) is 119 cm³/mol. The SMILES string of the molecule is [2H]C1([2H])OC([2H])([2H])C([2H])([2H])N(Cc2ccc(COc3cccc4c3CN([C@]3([2H])C(=O)NC(=O)C([2H])([2H])C3([2H])[2H])C4=O)cc2)C1([2H])[2H]. The van der Waals surface area contributed by atoms with E-state index in [0.717, 1.165) is 0 Å². The number of fused-ring (bicyclic) bond motifs is 1. The maximum Gasteiger partial charge on any atom is 0.255 e. The van der Waals surface area contributed by atoms with E-state index in [1.807, 2.05) is 0 Å². The lowest BCUT2D eigenvalue weighted by Gasteiger charge is -2.29. The van der Waals surface area contributed by atoms with Crippen LogP contribution in [-0.4, -0.2) is 59.7 Å². The van der Waals surface area contributed by atoms with Crippen LogP contribution >= 0.6 is 0 Å². The molecule has 8 heteroatoms. The number of carbonyl (C=O) groups is 3. The fourth-order valence-corrected chi connectivity index (χ4v) is 3.55. The molecule has 33 heavy (non-hydrogen) atoms. The van der Waals surface area contributed by atoms with E-state index in [9.17, 15) is 14.4 Å². The van der Waals surface area contributed by atoms with Crippen LogP contribution in [-0.2, 0) is 34.0 Å². The zero-order chi connectivity index (χ0) is 34.5. The van der Waals surface area contributed by atoms with Crippen LogP contribution in [0.25, 0.3) is 0 Å². The summed E-state index contributed by atoms with van der Waals surface area (Å²) in [6.45, 7) is -13.6.